The van der Waals surface area contributed by atoms with Crippen molar-refractivity contribution < 1.29 is 32.2 Å². The molecule has 0 amide bonds. The number of aryl methyl sites for hydroxylation is 1. The first-order valence-electron chi connectivity index (χ1n) is 11.3. The van der Waals surface area contributed by atoms with Crippen LogP contribution < -0.4 is 9.64 Å². The number of aromatic nitrogens is 2. The SMILES string of the molecule is CCOC(=O)COc1ccc(CN(CCOC)c2cncc(-c3ccc(C(F)(F)F)cc3)n2)cc1C. The maximum atomic E-state index is 12.9. The number of nitrogens with zero attached hydrogens (tertiary/aromatic N) is 3. The van der Waals surface area contributed by atoms with E-state index in [1.165, 1.54) is 18.3 Å². The number of ether oxygens (including phenoxy) is 3. The molecule has 0 N–H and O–H groups in total. The van der Waals surface area contributed by atoms with Gasteiger partial charge in [-0.05, 0) is 43.2 Å². The van der Waals surface area contributed by atoms with Crippen molar-refractivity contribution in [3.8, 4) is 17.0 Å². The molecule has 3 rings (SSSR count). The molecule has 3 aromatic rings. The van der Waals surface area contributed by atoms with Crippen LogP contribution in [0.15, 0.2) is 54.9 Å². The standard InChI is InChI=1S/C26H28F3N3O4/c1-4-35-25(33)17-36-23-10-5-19(13-18(23)2)16-32(11-12-34-3)24-15-30-14-22(31-24)20-6-8-21(9-7-20)26(27,28)29/h5-10,13-15H,4,11-12,16-17H2,1-3H3. The summed E-state index contributed by atoms with van der Waals surface area (Å²) in [6, 6.07) is 10.5. The van der Waals surface area contributed by atoms with E-state index in [0.717, 1.165) is 23.3 Å². The Morgan fingerprint density at radius 3 is 2.47 bits per heavy atom. The Balaban J connectivity index is 1.78. The van der Waals surface area contributed by atoms with E-state index < -0.39 is 17.7 Å². The predicted octanol–water partition coefficient (Wildman–Crippen LogP) is 5.07. The summed E-state index contributed by atoms with van der Waals surface area (Å²) in [7, 11) is 1.60. The molecule has 0 saturated carbocycles. The second kappa shape index (κ2) is 12.3. The van der Waals surface area contributed by atoms with Crippen LogP contribution in [0.1, 0.15) is 23.6 Å². The molecule has 10 heteroatoms. The Bertz CT molecular complexity index is 1150. The normalized spacial score (nSPS) is 11.3. The fourth-order valence-corrected chi connectivity index (χ4v) is 3.48. The Morgan fingerprint density at radius 1 is 1.08 bits per heavy atom. The zero-order valence-corrected chi connectivity index (χ0v) is 20.3. The van der Waals surface area contributed by atoms with Crippen molar-refractivity contribution in [2.45, 2.75) is 26.6 Å². The minimum Gasteiger partial charge on any atom is -0.482 e. The fraction of sp³-hybridized carbons (Fsp3) is 0.346. The fourth-order valence-electron chi connectivity index (χ4n) is 3.48. The van der Waals surface area contributed by atoms with Gasteiger partial charge in [0, 0.05) is 25.8 Å². The van der Waals surface area contributed by atoms with E-state index >= 15 is 0 Å². The van der Waals surface area contributed by atoms with E-state index in [1.807, 2.05) is 24.0 Å². The molecule has 0 aliphatic heterocycles. The Morgan fingerprint density at radius 2 is 1.83 bits per heavy atom. The molecule has 0 aliphatic carbocycles. The van der Waals surface area contributed by atoms with Gasteiger partial charge in [-0.25, -0.2) is 9.78 Å². The van der Waals surface area contributed by atoms with Gasteiger partial charge in [0.15, 0.2) is 6.61 Å². The van der Waals surface area contributed by atoms with Crippen LogP contribution in [0.3, 0.4) is 0 Å². The van der Waals surface area contributed by atoms with Crippen molar-refractivity contribution in [1.29, 1.82) is 0 Å². The lowest BCUT2D eigenvalue weighted by Crippen LogP contribution is -2.28. The van der Waals surface area contributed by atoms with Crippen LogP contribution >= 0.6 is 0 Å². The number of alkyl halides is 3. The van der Waals surface area contributed by atoms with Gasteiger partial charge in [0.05, 0.1) is 36.9 Å². The number of esters is 1. The summed E-state index contributed by atoms with van der Waals surface area (Å²) in [4.78, 5) is 22.4. The molecular formula is C26H28F3N3O4. The van der Waals surface area contributed by atoms with Crippen LogP contribution in [0.2, 0.25) is 0 Å². The lowest BCUT2D eigenvalue weighted by molar-refractivity contribution is -0.145. The van der Waals surface area contributed by atoms with Gasteiger partial charge in [0.2, 0.25) is 0 Å². The van der Waals surface area contributed by atoms with E-state index in [0.29, 0.717) is 49.1 Å². The largest absolute Gasteiger partial charge is 0.482 e. The average Bonchev–Trinajstić information content (AvgIpc) is 2.86. The zero-order valence-electron chi connectivity index (χ0n) is 20.3. The van der Waals surface area contributed by atoms with Crippen LogP contribution in [0.4, 0.5) is 19.0 Å². The molecule has 0 atom stereocenters. The molecule has 2 aromatic carbocycles. The monoisotopic (exact) mass is 503 g/mol. The van der Waals surface area contributed by atoms with Crippen molar-refractivity contribution in [3.63, 3.8) is 0 Å². The Labute approximate surface area is 207 Å². The highest BCUT2D eigenvalue weighted by Gasteiger charge is 2.30. The molecule has 0 spiro atoms. The van der Waals surface area contributed by atoms with E-state index in [9.17, 15) is 18.0 Å². The maximum Gasteiger partial charge on any atom is 0.416 e. The summed E-state index contributed by atoms with van der Waals surface area (Å²) in [5, 5.41) is 0. The molecule has 1 aromatic heterocycles. The Hall–Kier alpha value is -3.66. The zero-order chi connectivity index (χ0) is 26.1. The maximum absolute atomic E-state index is 12.9. The Kier molecular flexibility index (Phi) is 9.24. The van der Waals surface area contributed by atoms with E-state index in [4.69, 9.17) is 14.2 Å². The lowest BCUT2D eigenvalue weighted by Gasteiger charge is -2.24. The number of carbonyl (C=O) groups excluding carboxylic acids is 1. The summed E-state index contributed by atoms with van der Waals surface area (Å²) >= 11 is 0. The summed E-state index contributed by atoms with van der Waals surface area (Å²) in [6.45, 7) is 5.17. The molecular weight excluding hydrogens is 475 g/mol. The minimum atomic E-state index is -4.40. The molecule has 1 heterocycles. The quantitative estimate of drug-likeness (QED) is 0.339. The van der Waals surface area contributed by atoms with Gasteiger partial charge in [-0.2, -0.15) is 13.2 Å². The van der Waals surface area contributed by atoms with Crippen molar-refractivity contribution in [2.24, 2.45) is 0 Å². The molecule has 36 heavy (non-hydrogen) atoms. The lowest BCUT2D eigenvalue weighted by atomic mass is 10.1. The molecule has 0 unspecified atom stereocenters. The second-order valence-corrected chi connectivity index (χ2v) is 7.95. The van der Waals surface area contributed by atoms with Gasteiger partial charge < -0.3 is 19.1 Å². The highest BCUT2D eigenvalue weighted by Crippen LogP contribution is 2.31. The number of hydrogen-bond donors (Lipinski definition) is 0. The summed E-state index contributed by atoms with van der Waals surface area (Å²) < 4.78 is 54.4. The van der Waals surface area contributed by atoms with Gasteiger partial charge in [-0.3, -0.25) is 4.98 Å². The average molecular weight is 504 g/mol. The topological polar surface area (TPSA) is 73.8 Å². The van der Waals surface area contributed by atoms with Gasteiger partial charge in [0.25, 0.3) is 0 Å². The third kappa shape index (κ3) is 7.42. The summed E-state index contributed by atoms with van der Waals surface area (Å²) in [5.41, 5.74) is 2.09. The van der Waals surface area contributed by atoms with Gasteiger partial charge >= 0.3 is 12.1 Å². The number of anilines is 1. The number of hydrogen-bond acceptors (Lipinski definition) is 7. The van der Waals surface area contributed by atoms with Crippen LogP contribution in [0, 0.1) is 6.92 Å². The van der Waals surface area contributed by atoms with Gasteiger partial charge in [0.1, 0.15) is 11.6 Å². The number of methoxy groups -OCH3 is 1. The number of benzene rings is 2. The smallest absolute Gasteiger partial charge is 0.416 e. The second-order valence-electron chi connectivity index (χ2n) is 7.95. The number of halogens is 3. The highest BCUT2D eigenvalue weighted by atomic mass is 19.4. The predicted molar refractivity (Wildman–Crippen MR) is 129 cm³/mol. The first kappa shape index (κ1) is 26.9. The third-order valence-corrected chi connectivity index (χ3v) is 5.28. The van der Waals surface area contributed by atoms with E-state index in [1.54, 1.807) is 26.3 Å². The highest BCUT2D eigenvalue weighted by molar-refractivity contribution is 5.71. The van der Waals surface area contributed by atoms with Crippen molar-refractivity contribution >= 4 is 11.8 Å². The summed E-state index contributed by atoms with van der Waals surface area (Å²) in [5.74, 6) is 0.710. The first-order valence-corrected chi connectivity index (χ1v) is 11.3. The van der Waals surface area contributed by atoms with E-state index in [2.05, 4.69) is 9.97 Å². The van der Waals surface area contributed by atoms with E-state index in [-0.39, 0.29) is 6.61 Å². The van der Waals surface area contributed by atoms with Crippen molar-refractivity contribution in [2.75, 3.05) is 38.4 Å². The minimum absolute atomic E-state index is 0.166. The van der Waals surface area contributed by atoms with Crippen LogP contribution in [0.25, 0.3) is 11.3 Å². The molecule has 192 valence electrons. The van der Waals surface area contributed by atoms with Crippen LogP contribution in [0.5, 0.6) is 5.75 Å². The van der Waals surface area contributed by atoms with Gasteiger partial charge in [-0.1, -0.05) is 24.3 Å². The molecule has 0 bridgehead atoms. The molecule has 0 saturated heterocycles. The summed E-state index contributed by atoms with van der Waals surface area (Å²) in [6.07, 6.45) is -1.28. The van der Waals surface area contributed by atoms with Gasteiger partial charge in [-0.15, -0.1) is 0 Å². The van der Waals surface area contributed by atoms with Crippen LogP contribution in [-0.4, -0.2) is 49.4 Å². The molecule has 0 radical (unpaired) electrons. The third-order valence-electron chi connectivity index (χ3n) is 5.28. The van der Waals surface area contributed by atoms with Crippen LogP contribution in [-0.2, 0) is 27.0 Å². The number of rotatable bonds is 11. The van der Waals surface area contributed by atoms with Crippen molar-refractivity contribution in [1.82, 2.24) is 9.97 Å². The number of carbonyl (C=O) groups is 1. The first-order chi connectivity index (χ1) is 17.2. The molecule has 7 nitrogen and oxygen atoms in total. The van der Waals surface area contributed by atoms with Crippen molar-refractivity contribution in [3.05, 3.63) is 71.5 Å². The molecule has 0 fully saturated rings. The molecule has 0 aliphatic rings.